The van der Waals surface area contributed by atoms with Gasteiger partial charge in [-0.2, -0.15) is 0 Å². The van der Waals surface area contributed by atoms with E-state index in [0.29, 0.717) is 0 Å². The second kappa shape index (κ2) is 9.20. The standard InChI is InChI=1S/C41H27NO/c1-2-14-30(15-3-1)42(31-23-22-28-12-4-5-13-29(28)26-31)32-24-25-38-40(27-32)43-39-21-11-10-20-37(39)41(38)35-18-8-6-16-33(35)34-17-7-9-19-36(34)41/h1-27H. The van der Waals surface area contributed by atoms with Crippen LogP contribution in [0.3, 0.4) is 0 Å². The van der Waals surface area contributed by atoms with Crippen molar-refractivity contribution in [2.45, 2.75) is 5.41 Å². The molecule has 1 aliphatic carbocycles. The summed E-state index contributed by atoms with van der Waals surface area (Å²) in [6, 6.07) is 58.8. The van der Waals surface area contributed by atoms with E-state index < -0.39 is 5.41 Å². The Kier molecular flexibility index (Phi) is 5.15. The van der Waals surface area contributed by atoms with E-state index in [-0.39, 0.29) is 0 Å². The van der Waals surface area contributed by atoms with Gasteiger partial charge in [-0.1, -0.05) is 121 Å². The molecule has 0 fully saturated rings. The summed E-state index contributed by atoms with van der Waals surface area (Å²) in [5.41, 5.74) is 10.3. The van der Waals surface area contributed by atoms with Crippen LogP contribution in [0.2, 0.25) is 0 Å². The highest BCUT2D eigenvalue weighted by Gasteiger charge is 2.50. The minimum atomic E-state index is -0.462. The molecule has 9 rings (SSSR count). The molecule has 2 aliphatic rings. The van der Waals surface area contributed by atoms with Crippen molar-refractivity contribution in [1.82, 2.24) is 0 Å². The fourth-order valence-corrected chi connectivity index (χ4v) is 7.33. The summed E-state index contributed by atoms with van der Waals surface area (Å²) in [6.07, 6.45) is 0. The van der Waals surface area contributed by atoms with Crippen LogP contribution in [0.25, 0.3) is 21.9 Å². The van der Waals surface area contributed by atoms with E-state index in [1.54, 1.807) is 0 Å². The lowest BCUT2D eigenvalue weighted by Crippen LogP contribution is -2.32. The molecule has 0 bridgehead atoms. The van der Waals surface area contributed by atoms with Gasteiger partial charge in [0.05, 0.1) is 5.41 Å². The first-order chi connectivity index (χ1) is 21.3. The zero-order valence-corrected chi connectivity index (χ0v) is 23.4. The normalized spacial score (nSPS) is 13.5. The summed E-state index contributed by atoms with van der Waals surface area (Å²) in [6.45, 7) is 0. The van der Waals surface area contributed by atoms with Crippen molar-refractivity contribution < 1.29 is 4.74 Å². The Morgan fingerprint density at radius 1 is 0.372 bits per heavy atom. The molecule has 43 heavy (non-hydrogen) atoms. The van der Waals surface area contributed by atoms with Crippen molar-refractivity contribution in [3.63, 3.8) is 0 Å². The molecule has 0 radical (unpaired) electrons. The van der Waals surface area contributed by atoms with Crippen LogP contribution < -0.4 is 9.64 Å². The summed E-state index contributed by atoms with van der Waals surface area (Å²) in [7, 11) is 0. The lowest BCUT2D eigenvalue weighted by atomic mass is 9.66. The molecule has 7 aromatic carbocycles. The summed E-state index contributed by atoms with van der Waals surface area (Å²) >= 11 is 0. The number of rotatable bonds is 3. The molecule has 0 saturated carbocycles. The van der Waals surface area contributed by atoms with Gasteiger partial charge in [0.25, 0.3) is 0 Å². The Hall–Kier alpha value is -5.60. The fraction of sp³-hybridized carbons (Fsp3) is 0.0244. The Bertz CT molecular complexity index is 2140. The van der Waals surface area contributed by atoms with Crippen LogP contribution in [-0.4, -0.2) is 0 Å². The van der Waals surface area contributed by atoms with E-state index in [1.807, 2.05) is 0 Å². The van der Waals surface area contributed by atoms with Crippen LogP contribution in [0, 0.1) is 0 Å². The van der Waals surface area contributed by atoms with Crippen LogP contribution in [0.4, 0.5) is 17.1 Å². The number of hydrogen-bond acceptors (Lipinski definition) is 2. The average Bonchev–Trinajstić information content (AvgIpc) is 3.36. The van der Waals surface area contributed by atoms with E-state index in [9.17, 15) is 0 Å². The van der Waals surface area contributed by atoms with Gasteiger partial charge in [-0.3, -0.25) is 0 Å². The molecule has 0 atom stereocenters. The average molecular weight is 550 g/mol. The molecule has 0 amide bonds. The largest absolute Gasteiger partial charge is 0.457 e. The van der Waals surface area contributed by atoms with Crippen molar-refractivity contribution in [2.24, 2.45) is 0 Å². The maximum Gasteiger partial charge on any atom is 0.134 e. The SMILES string of the molecule is c1ccc(N(c2ccc3c(c2)Oc2ccccc2C32c3ccccc3-c3ccccc32)c2ccc3ccccc3c2)cc1. The predicted octanol–water partition coefficient (Wildman–Crippen LogP) is 10.8. The van der Waals surface area contributed by atoms with E-state index >= 15 is 0 Å². The zero-order chi connectivity index (χ0) is 28.4. The molecule has 1 aliphatic heterocycles. The number of benzene rings is 7. The van der Waals surface area contributed by atoms with Gasteiger partial charge >= 0.3 is 0 Å². The Morgan fingerprint density at radius 3 is 1.70 bits per heavy atom. The minimum absolute atomic E-state index is 0.462. The van der Waals surface area contributed by atoms with E-state index in [2.05, 4.69) is 169 Å². The van der Waals surface area contributed by atoms with Crippen molar-refractivity contribution in [2.75, 3.05) is 4.90 Å². The number of para-hydroxylation sites is 2. The monoisotopic (exact) mass is 549 g/mol. The van der Waals surface area contributed by atoms with Crippen molar-refractivity contribution in [1.29, 1.82) is 0 Å². The van der Waals surface area contributed by atoms with Gasteiger partial charge in [0.1, 0.15) is 11.5 Å². The quantitative estimate of drug-likeness (QED) is 0.217. The second-order valence-electron chi connectivity index (χ2n) is 11.3. The zero-order valence-electron chi connectivity index (χ0n) is 23.4. The first kappa shape index (κ1) is 24.0. The second-order valence-corrected chi connectivity index (χ2v) is 11.3. The summed E-state index contributed by atoms with van der Waals surface area (Å²) in [4.78, 5) is 2.32. The molecule has 2 nitrogen and oxygen atoms in total. The van der Waals surface area contributed by atoms with Crippen LogP contribution in [0.5, 0.6) is 11.5 Å². The van der Waals surface area contributed by atoms with Crippen LogP contribution in [0.1, 0.15) is 22.3 Å². The van der Waals surface area contributed by atoms with Gasteiger partial charge in [0, 0.05) is 34.3 Å². The topological polar surface area (TPSA) is 12.5 Å². The minimum Gasteiger partial charge on any atom is -0.457 e. The molecule has 0 saturated heterocycles. The van der Waals surface area contributed by atoms with Crippen LogP contribution in [-0.2, 0) is 5.41 Å². The van der Waals surface area contributed by atoms with Crippen molar-refractivity contribution in [3.8, 4) is 22.6 Å². The maximum absolute atomic E-state index is 6.80. The summed E-state index contributed by atoms with van der Waals surface area (Å²) in [5.74, 6) is 1.78. The van der Waals surface area contributed by atoms with Crippen molar-refractivity contribution in [3.05, 3.63) is 186 Å². The Morgan fingerprint density at radius 2 is 0.930 bits per heavy atom. The maximum atomic E-state index is 6.80. The Labute approximate surface area is 251 Å². The van der Waals surface area contributed by atoms with E-state index in [0.717, 1.165) is 28.6 Å². The molecule has 0 N–H and O–H groups in total. The smallest absolute Gasteiger partial charge is 0.134 e. The summed E-state index contributed by atoms with van der Waals surface area (Å²) < 4.78 is 6.80. The van der Waals surface area contributed by atoms with Crippen molar-refractivity contribution >= 4 is 27.8 Å². The Balaban J connectivity index is 1.30. The highest BCUT2D eigenvalue weighted by atomic mass is 16.5. The van der Waals surface area contributed by atoms with Gasteiger partial charge in [0.2, 0.25) is 0 Å². The van der Waals surface area contributed by atoms with Gasteiger partial charge in [-0.15, -0.1) is 0 Å². The van der Waals surface area contributed by atoms with Gasteiger partial charge in [-0.05, 0) is 69.4 Å². The third-order valence-corrected chi connectivity index (χ3v) is 9.10. The number of hydrogen-bond donors (Lipinski definition) is 0. The lowest BCUT2D eigenvalue weighted by Gasteiger charge is -2.40. The number of anilines is 3. The molecule has 0 unspecified atom stereocenters. The number of ether oxygens (including phenoxy) is 1. The molecule has 0 aromatic heterocycles. The lowest BCUT2D eigenvalue weighted by molar-refractivity contribution is 0.436. The third-order valence-electron chi connectivity index (χ3n) is 9.10. The molecule has 2 heteroatoms. The fourth-order valence-electron chi connectivity index (χ4n) is 7.33. The number of nitrogens with zero attached hydrogens (tertiary/aromatic N) is 1. The number of fused-ring (bicyclic) bond motifs is 10. The molecule has 202 valence electrons. The van der Waals surface area contributed by atoms with Crippen LogP contribution in [0.15, 0.2) is 164 Å². The van der Waals surface area contributed by atoms with Gasteiger partial charge in [-0.25, -0.2) is 0 Å². The highest BCUT2D eigenvalue weighted by Crippen LogP contribution is 2.62. The van der Waals surface area contributed by atoms with Gasteiger partial charge < -0.3 is 9.64 Å². The van der Waals surface area contributed by atoms with E-state index in [4.69, 9.17) is 4.74 Å². The first-order valence-electron chi connectivity index (χ1n) is 14.8. The third kappa shape index (κ3) is 3.41. The molecular formula is C41H27NO. The van der Waals surface area contributed by atoms with E-state index in [1.165, 1.54) is 44.2 Å². The van der Waals surface area contributed by atoms with Crippen LogP contribution >= 0.6 is 0 Å². The molecule has 1 spiro atoms. The first-order valence-corrected chi connectivity index (χ1v) is 14.8. The summed E-state index contributed by atoms with van der Waals surface area (Å²) in [5, 5.41) is 2.44. The highest BCUT2D eigenvalue weighted by molar-refractivity contribution is 5.91. The molecule has 7 aromatic rings. The van der Waals surface area contributed by atoms with Gasteiger partial charge in [0.15, 0.2) is 0 Å². The molecule has 1 heterocycles. The molecular weight excluding hydrogens is 522 g/mol. The predicted molar refractivity (Wildman–Crippen MR) is 176 cm³/mol.